The molecular formula is C50H61N7O7. The number of aromatic nitrogens is 2. The highest BCUT2D eigenvalue weighted by Gasteiger charge is 2.43. The fourth-order valence-corrected chi connectivity index (χ4v) is 8.99. The van der Waals surface area contributed by atoms with Gasteiger partial charge in [0.1, 0.15) is 23.5 Å². The maximum atomic E-state index is 14.3. The molecule has 7 rings (SSSR count). The first-order valence-electron chi connectivity index (χ1n) is 22.1. The fraction of sp³-hybridized carbons (Fsp3) is 0.440. The first-order chi connectivity index (χ1) is 30.6. The number of nitrogens with one attached hydrogen (secondary N) is 3. The maximum absolute atomic E-state index is 14.3. The second-order valence-electron chi connectivity index (χ2n) is 18.5. The van der Waals surface area contributed by atoms with E-state index in [0.29, 0.717) is 43.9 Å². The fourth-order valence-electron chi connectivity index (χ4n) is 8.99. The highest BCUT2D eigenvalue weighted by atomic mass is 16.6. The van der Waals surface area contributed by atoms with E-state index in [9.17, 15) is 19.2 Å². The quantitative estimate of drug-likeness (QED) is 0.121. The second kappa shape index (κ2) is 19.6. The normalized spacial score (nSPS) is 20.7. The average molecular weight is 872 g/mol. The summed E-state index contributed by atoms with van der Waals surface area (Å²) in [5, 5.41) is 5.57. The smallest absolute Gasteiger partial charge is 0.408 e. The van der Waals surface area contributed by atoms with Crippen LogP contribution in [0.4, 0.5) is 9.59 Å². The van der Waals surface area contributed by atoms with Crippen molar-refractivity contribution in [3.63, 3.8) is 0 Å². The van der Waals surface area contributed by atoms with Gasteiger partial charge in [-0.3, -0.25) is 14.6 Å². The maximum Gasteiger partial charge on any atom is 0.408 e. The van der Waals surface area contributed by atoms with Crippen LogP contribution in [0.3, 0.4) is 0 Å². The molecule has 3 aliphatic rings. The monoisotopic (exact) mass is 871 g/mol. The van der Waals surface area contributed by atoms with Crippen LogP contribution in [0.2, 0.25) is 0 Å². The molecule has 14 nitrogen and oxygen atoms in total. The van der Waals surface area contributed by atoms with E-state index < -0.39 is 29.9 Å². The minimum absolute atomic E-state index is 0.121. The number of rotatable bonds is 13. The number of imidazole rings is 1. The number of amides is 4. The van der Waals surface area contributed by atoms with E-state index in [4.69, 9.17) is 24.2 Å². The summed E-state index contributed by atoms with van der Waals surface area (Å²) in [6, 6.07) is 23.9. The summed E-state index contributed by atoms with van der Waals surface area (Å²) in [5.74, 6) is 0.563. The average Bonchev–Trinajstić information content (AvgIpc) is 4.11. The van der Waals surface area contributed by atoms with Gasteiger partial charge in [0.05, 0.1) is 37.7 Å². The zero-order chi connectivity index (χ0) is 45.7. The largest absolute Gasteiger partial charge is 0.453 e. The van der Waals surface area contributed by atoms with Gasteiger partial charge >= 0.3 is 12.2 Å². The summed E-state index contributed by atoms with van der Waals surface area (Å²) in [6.45, 7) is 12.9. The van der Waals surface area contributed by atoms with E-state index in [1.54, 1.807) is 39.0 Å². The van der Waals surface area contributed by atoms with Crippen LogP contribution in [-0.4, -0.2) is 101 Å². The molecule has 2 saturated heterocycles. The Kier molecular flexibility index (Phi) is 14.0. The van der Waals surface area contributed by atoms with E-state index in [-0.39, 0.29) is 41.7 Å². The van der Waals surface area contributed by atoms with Crippen LogP contribution in [0.15, 0.2) is 96.3 Å². The molecule has 2 fully saturated rings. The van der Waals surface area contributed by atoms with Crippen molar-refractivity contribution in [3.05, 3.63) is 108 Å². The van der Waals surface area contributed by atoms with E-state index in [1.807, 2.05) is 55.3 Å². The highest BCUT2D eigenvalue weighted by Crippen LogP contribution is 2.38. The number of hydrogen-bond donors (Lipinski definition) is 3. The Morgan fingerprint density at radius 3 is 2.06 bits per heavy atom. The molecule has 0 saturated carbocycles. The Bertz CT molecular complexity index is 2350. The first-order valence-corrected chi connectivity index (χ1v) is 22.1. The van der Waals surface area contributed by atoms with Crippen molar-refractivity contribution in [2.45, 2.75) is 90.6 Å². The molecule has 0 unspecified atom stereocenters. The minimum Gasteiger partial charge on any atom is -0.453 e. The molecule has 1 aromatic heterocycles. The summed E-state index contributed by atoms with van der Waals surface area (Å²) in [7, 11) is 2.94. The van der Waals surface area contributed by atoms with Crippen LogP contribution in [0.5, 0.6) is 0 Å². The molecule has 4 aromatic rings. The van der Waals surface area contributed by atoms with E-state index in [1.165, 1.54) is 7.11 Å². The number of aromatic amines is 1. The lowest BCUT2D eigenvalue weighted by atomic mass is 9.95. The molecule has 338 valence electrons. The van der Waals surface area contributed by atoms with Crippen molar-refractivity contribution in [3.8, 4) is 22.4 Å². The van der Waals surface area contributed by atoms with Crippen molar-refractivity contribution in [2.75, 3.05) is 33.9 Å². The van der Waals surface area contributed by atoms with Crippen LogP contribution in [0.25, 0.3) is 28.0 Å². The number of methoxy groups -OCH3 is 2. The van der Waals surface area contributed by atoms with E-state index >= 15 is 0 Å². The zero-order valence-electron chi connectivity index (χ0n) is 38.1. The number of ether oxygens (including phenoxy) is 3. The number of carbonyl (C=O) groups is 4. The van der Waals surface area contributed by atoms with Crippen molar-refractivity contribution >= 4 is 35.3 Å². The van der Waals surface area contributed by atoms with Crippen LogP contribution in [-0.2, 0) is 23.8 Å². The number of alkyl carbamates (subject to hydrolysis) is 2. The molecule has 3 aromatic carbocycles. The predicted molar refractivity (Wildman–Crippen MR) is 246 cm³/mol. The Hall–Kier alpha value is -6.28. The Balaban J connectivity index is 1.00. The number of nitrogens with zero attached hydrogens (tertiary/aromatic N) is 4. The molecule has 14 heteroatoms. The summed E-state index contributed by atoms with van der Waals surface area (Å²) < 4.78 is 15.8. The lowest BCUT2D eigenvalue weighted by molar-refractivity contribution is -0.135. The number of benzene rings is 3. The Morgan fingerprint density at radius 1 is 0.797 bits per heavy atom. The topological polar surface area (TPSA) is 168 Å². The lowest BCUT2D eigenvalue weighted by Crippen LogP contribution is -2.51. The third-order valence-corrected chi connectivity index (χ3v) is 12.1. The van der Waals surface area contributed by atoms with Gasteiger partial charge in [-0.25, -0.2) is 14.6 Å². The summed E-state index contributed by atoms with van der Waals surface area (Å²) in [6.07, 6.45) is 4.52. The van der Waals surface area contributed by atoms with E-state index in [2.05, 4.69) is 71.1 Å². The molecule has 3 N–H and O–H groups in total. The number of H-pyrrole nitrogens is 1. The molecule has 64 heavy (non-hydrogen) atoms. The predicted octanol–water partition coefficient (Wildman–Crippen LogP) is 8.35. The number of allylic oxidation sites excluding steroid dienone is 1. The Morgan fingerprint density at radius 2 is 1.44 bits per heavy atom. The van der Waals surface area contributed by atoms with Crippen molar-refractivity contribution < 1.29 is 33.4 Å². The third kappa shape index (κ3) is 10.6. The molecule has 4 amide bonds. The summed E-state index contributed by atoms with van der Waals surface area (Å²) in [5.41, 5.74) is 6.99. The van der Waals surface area contributed by atoms with Gasteiger partial charge in [-0.1, -0.05) is 99.6 Å². The van der Waals surface area contributed by atoms with Gasteiger partial charge in [0, 0.05) is 44.4 Å². The standard InChI is InChI=1S/C50H61N7O7/c1-30(2)43(54-48(60)63-8)46(58)57-28-32(29-62-7)23-42(57)45-52-26-40(53-45)36-20-18-34(19-21-36)33-14-16-35(17-15-33)38-24-39(51-25-38)41-22-31(3)27-56(41)47(59)44(37-12-10-9-11-13-37)55-49(61)64-50(4,5)6/h9-21,25-26,30-32,41-44H,22-24,27-29H2,1-8H3,(H,52,53)(H,54,60)(H,55,61)/t31-,32-,41-,42-,43-,44+/m0/s1. The molecule has 0 aliphatic carbocycles. The van der Waals surface area contributed by atoms with Crippen LogP contribution in [0, 0.1) is 17.8 Å². The van der Waals surface area contributed by atoms with Gasteiger partial charge in [-0.15, -0.1) is 0 Å². The zero-order valence-corrected chi connectivity index (χ0v) is 38.1. The van der Waals surface area contributed by atoms with Gasteiger partial charge < -0.3 is 39.6 Å². The van der Waals surface area contributed by atoms with Gasteiger partial charge in [-0.2, -0.15) is 0 Å². The molecule has 4 heterocycles. The molecular weight excluding hydrogens is 811 g/mol. The highest BCUT2D eigenvalue weighted by molar-refractivity contribution is 6.04. The van der Waals surface area contributed by atoms with E-state index in [0.717, 1.165) is 45.7 Å². The first kappa shape index (κ1) is 45.7. The van der Waals surface area contributed by atoms with Gasteiger partial charge in [0.15, 0.2) is 0 Å². The molecule has 0 spiro atoms. The number of carbonyl (C=O) groups excluding carboxylic acids is 4. The van der Waals surface area contributed by atoms with Crippen molar-refractivity contribution in [2.24, 2.45) is 22.7 Å². The number of likely N-dealkylation sites (tertiary alicyclic amines) is 2. The van der Waals surface area contributed by atoms with Crippen molar-refractivity contribution in [1.82, 2.24) is 30.4 Å². The SMILES string of the molecule is COC[C@H]1C[C@@H](c2ncc(-c3ccc(-c4ccc(C5=CN=C([C@@H]6C[C@H](C)CN6C(=O)[C@H](NC(=O)OC(C)(C)C)c6ccccc6)C5)cc4)cc3)[nH]2)N(C(=O)[C@@H](NC(=O)OC)C(C)C)C1. The minimum atomic E-state index is -0.895. The summed E-state index contributed by atoms with van der Waals surface area (Å²) in [4.78, 5) is 70.1. The third-order valence-electron chi connectivity index (χ3n) is 12.1. The number of hydrogen-bond acceptors (Lipinski definition) is 9. The van der Waals surface area contributed by atoms with Gasteiger partial charge in [-0.05, 0) is 78.8 Å². The second-order valence-corrected chi connectivity index (χ2v) is 18.5. The molecule has 6 atom stereocenters. The van der Waals surface area contributed by atoms with Crippen LogP contribution in [0.1, 0.15) is 89.8 Å². The van der Waals surface area contributed by atoms with Gasteiger partial charge in [0.2, 0.25) is 11.8 Å². The van der Waals surface area contributed by atoms with Crippen molar-refractivity contribution in [1.29, 1.82) is 0 Å². The lowest BCUT2D eigenvalue weighted by Gasteiger charge is -2.30. The summed E-state index contributed by atoms with van der Waals surface area (Å²) >= 11 is 0. The van der Waals surface area contributed by atoms with Crippen LogP contribution >= 0.6 is 0 Å². The van der Waals surface area contributed by atoms with Gasteiger partial charge in [0.25, 0.3) is 0 Å². The Labute approximate surface area is 375 Å². The van der Waals surface area contributed by atoms with Crippen LogP contribution < -0.4 is 10.6 Å². The molecule has 0 bridgehead atoms. The number of aliphatic imine (C=N–C) groups is 1. The molecule has 3 aliphatic heterocycles. The molecule has 0 radical (unpaired) electrons.